The number of fused-ring (bicyclic) bond motifs is 1. The first-order valence-electron chi connectivity index (χ1n) is 9.78. The topological polar surface area (TPSA) is 43.6 Å². The molecule has 0 saturated heterocycles. The first kappa shape index (κ1) is 21.7. The first-order chi connectivity index (χ1) is 13.8. The largest absolute Gasteiger partial charge is 0.494 e. The molecule has 4 nitrogen and oxygen atoms in total. The molecule has 0 bridgehead atoms. The second kappa shape index (κ2) is 9.18. The highest BCUT2D eigenvalue weighted by molar-refractivity contribution is 7.98. The van der Waals surface area contributed by atoms with Crippen molar-refractivity contribution in [3.8, 4) is 5.75 Å². The predicted octanol–water partition coefficient (Wildman–Crippen LogP) is 5.50. The van der Waals surface area contributed by atoms with Gasteiger partial charge in [-0.25, -0.2) is 0 Å². The van der Waals surface area contributed by atoms with Gasteiger partial charge in [0.1, 0.15) is 5.75 Å². The molecular formula is C23H28N2O2S2. The van der Waals surface area contributed by atoms with Crippen molar-refractivity contribution in [2.75, 3.05) is 18.6 Å². The summed E-state index contributed by atoms with van der Waals surface area (Å²) in [7, 11) is 0. The Morgan fingerprint density at radius 2 is 1.90 bits per heavy atom. The van der Waals surface area contributed by atoms with E-state index in [0.717, 1.165) is 33.1 Å². The highest BCUT2D eigenvalue weighted by Crippen LogP contribution is 2.24. The van der Waals surface area contributed by atoms with Crippen molar-refractivity contribution in [3.63, 3.8) is 0 Å². The highest BCUT2D eigenvalue weighted by Gasteiger charge is 2.15. The number of thioether (sulfide) groups is 1. The number of aromatic nitrogens is 1. The molecule has 154 valence electrons. The minimum atomic E-state index is -0.208. The van der Waals surface area contributed by atoms with E-state index in [9.17, 15) is 4.79 Å². The predicted molar refractivity (Wildman–Crippen MR) is 124 cm³/mol. The van der Waals surface area contributed by atoms with Crippen LogP contribution in [-0.4, -0.2) is 29.1 Å². The molecule has 1 amide bonds. The third-order valence-electron chi connectivity index (χ3n) is 4.68. The number of thiazole rings is 1. The van der Waals surface area contributed by atoms with Crippen LogP contribution in [0.1, 0.15) is 43.6 Å². The van der Waals surface area contributed by atoms with Crippen molar-refractivity contribution < 1.29 is 9.53 Å². The van der Waals surface area contributed by atoms with Crippen molar-refractivity contribution in [3.05, 3.63) is 58.4 Å². The average molecular weight is 429 g/mol. The SMILES string of the molecule is CCOc1ccc2c(c1)sc(=NC(=O)c1ccc(C(C)(C)C)cc1)n2CCSC. The molecule has 0 radical (unpaired) electrons. The second-order valence-corrected chi connectivity index (χ2v) is 9.83. The Morgan fingerprint density at radius 1 is 1.17 bits per heavy atom. The molecule has 1 heterocycles. The summed E-state index contributed by atoms with van der Waals surface area (Å²) in [6.07, 6.45) is 2.08. The van der Waals surface area contributed by atoms with Gasteiger partial charge in [0.2, 0.25) is 0 Å². The van der Waals surface area contributed by atoms with Gasteiger partial charge in [-0.2, -0.15) is 16.8 Å². The van der Waals surface area contributed by atoms with E-state index in [1.54, 1.807) is 11.8 Å². The lowest BCUT2D eigenvalue weighted by molar-refractivity contribution is 0.0998. The van der Waals surface area contributed by atoms with Crippen molar-refractivity contribution in [2.24, 2.45) is 4.99 Å². The molecule has 2 aromatic carbocycles. The molecule has 29 heavy (non-hydrogen) atoms. The smallest absolute Gasteiger partial charge is 0.279 e. The molecule has 0 atom stereocenters. The van der Waals surface area contributed by atoms with Gasteiger partial charge in [-0.15, -0.1) is 0 Å². The summed E-state index contributed by atoms with van der Waals surface area (Å²) in [5.41, 5.74) is 2.96. The van der Waals surface area contributed by atoms with Crippen LogP contribution in [0.25, 0.3) is 10.2 Å². The Morgan fingerprint density at radius 3 is 2.52 bits per heavy atom. The summed E-state index contributed by atoms with van der Waals surface area (Å²) in [5.74, 6) is 1.59. The molecule has 0 aliphatic carbocycles. The van der Waals surface area contributed by atoms with Crippen LogP contribution in [-0.2, 0) is 12.0 Å². The van der Waals surface area contributed by atoms with Gasteiger partial charge in [0.25, 0.3) is 5.91 Å². The van der Waals surface area contributed by atoms with Gasteiger partial charge in [-0.05, 0) is 54.5 Å². The van der Waals surface area contributed by atoms with Gasteiger partial charge in [0.05, 0.1) is 16.8 Å². The van der Waals surface area contributed by atoms with Gasteiger partial charge in [-0.3, -0.25) is 4.79 Å². The van der Waals surface area contributed by atoms with Crippen LogP contribution in [0.5, 0.6) is 5.75 Å². The third kappa shape index (κ3) is 5.11. The summed E-state index contributed by atoms with van der Waals surface area (Å²) >= 11 is 3.31. The zero-order chi connectivity index (χ0) is 21.0. The molecule has 0 aliphatic heterocycles. The Bertz CT molecular complexity index is 1060. The Labute approximate surface area is 180 Å². The van der Waals surface area contributed by atoms with E-state index >= 15 is 0 Å². The Balaban J connectivity index is 2.01. The lowest BCUT2D eigenvalue weighted by Gasteiger charge is -2.18. The lowest BCUT2D eigenvalue weighted by Crippen LogP contribution is -2.18. The third-order valence-corrected chi connectivity index (χ3v) is 6.31. The van der Waals surface area contributed by atoms with Crippen LogP contribution in [0.4, 0.5) is 0 Å². The molecule has 0 unspecified atom stereocenters. The normalized spacial score (nSPS) is 12.5. The van der Waals surface area contributed by atoms with Crippen molar-refractivity contribution >= 4 is 39.2 Å². The summed E-state index contributed by atoms with van der Waals surface area (Å²) in [5, 5.41) is 0. The van der Waals surface area contributed by atoms with Gasteiger partial charge in [-0.1, -0.05) is 44.2 Å². The number of carbonyl (C=O) groups excluding carboxylic acids is 1. The van der Waals surface area contributed by atoms with Crippen molar-refractivity contribution in [2.45, 2.75) is 39.7 Å². The maximum absolute atomic E-state index is 12.8. The summed E-state index contributed by atoms with van der Waals surface area (Å²) in [4.78, 5) is 18.1. The summed E-state index contributed by atoms with van der Waals surface area (Å²) in [6, 6.07) is 13.8. The molecule has 0 spiro atoms. The fraction of sp³-hybridized carbons (Fsp3) is 0.391. The van der Waals surface area contributed by atoms with Gasteiger partial charge < -0.3 is 9.30 Å². The second-order valence-electron chi connectivity index (χ2n) is 7.84. The van der Waals surface area contributed by atoms with Gasteiger partial charge in [0, 0.05) is 17.9 Å². The lowest BCUT2D eigenvalue weighted by atomic mass is 9.87. The number of aryl methyl sites for hydroxylation is 1. The zero-order valence-electron chi connectivity index (χ0n) is 17.7. The molecule has 3 rings (SSSR count). The Hall–Kier alpha value is -2.05. The number of rotatable bonds is 6. The van der Waals surface area contributed by atoms with Crippen molar-refractivity contribution in [1.82, 2.24) is 4.57 Å². The van der Waals surface area contributed by atoms with E-state index in [0.29, 0.717) is 12.2 Å². The monoisotopic (exact) mass is 428 g/mol. The van der Waals surface area contributed by atoms with Crippen LogP contribution in [0.15, 0.2) is 47.5 Å². The maximum Gasteiger partial charge on any atom is 0.279 e. The fourth-order valence-corrected chi connectivity index (χ4v) is 4.51. The van der Waals surface area contributed by atoms with E-state index < -0.39 is 0 Å². The van der Waals surface area contributed by atoms with E-state index in [-0.39, 0.29) is 11.3 Å². The van der Waals surface area contributed by atoms with E-state index in [2.05, 4.69) is 42.7 Å². The molecular weight excluding hydrogens is 400 g/mol. The van der Waals surface area contributed by atoms with Gasteiger partial charge >= 0.3 is 0 Å². The number of carbonyl (C=O) groups is 1. The molecule has 0 aliphatic rings. The first-order valence-corrected chi connectivity index (χ1v) is 12.0. The Kier molecular flexibility index (Phi) is 6.85. The minimum Gasteiger partial charge on any atom is -0.494 e. The highest BCUT2D eigenvalue weighted by atomic mass is 32.2. The summed E-state index contributed by atoms with van der Waals surface area (Å²) < 4.78 is 8.84. The quantitative estimate of drug-likeness (QED) is 0.520. The van der Waals surface area contributed by atoms with Crippen LogP contribution < -0.4 is 9.54 Å². The molecule has 0 fully saturated rings. The number of nitrogens with zero attached hydrogens (tertiary/aromatic N) is 2. The van der Waals surface area contributed by atoms with Gasteiger partial charge in [0.15, 0.2) is 4.80 Å². The summed E-state index contributed by atoms with van der Waals surface area (Å²) in [6.45, 7) is 9.90. The zero-order valence-corrected chi connectivity index (χ0v) is 19.3. The minimum absolute atomic E-state index is 0.0588. The van der Waals surface area contributed by atoms with Crippen LogP contribution in [0, 0.1) is 0 Å². The van der Waals surface area contributed by atoms with E-state index in [1.165, 1.54) is 16.9 Å². The molecule has 0 N–H and O–H groups in total. The maximum atomic E-state index is 12.8. The van der Waals surface area contributed by atoms with Crippen molar-refractivity contribution in [1.29, 1.82) is 0 Å². The number of hydrogen-bond acceptors (Lipinski definition) is 4. The molecule has 0 saturated carbocycles. The standard InChI is InChI=1S/C23H28N2O2S2/c1-6-27-18-11-12-19-20(15-18)29-22(25(19)13-14-28-5)24-21(26)16-7-9-17(10-8-16)23(2,3)4/h7-12,15H,6,13-14H2,1-5H3. The average Bonchev–Trinajstić information content (AvgIpc) is 3.02. The van der Waals surface area contributed by atoms with E-state index in [1.807, 2.05) is 43.3 Å². The molecule has 3 aromatic rings. The molecule has 1 aromatic heterocycles. The van der Waals surface area contributed by atoms with E-state index in [4.69, 9.17) is 4.74 Å². The van der Waals surface area contributed by atoms with Crippen LogP contribution >= 0.6 is 23.1 Å². The number of ether oxygens (including phenoxy) is 1. The van der Waals surface area contributed by atoms with Crippen LogP contribution in [0.3, 0.4) is 0 Å². The number of amides is 1. The fourth-order valence-electron chi connectivity index (χ4n) is 3.06. The number of hydrogen-bond donors (Lipinski definition) is 0. The molecule has 6 heteroatoms. The van der Waals surface area contributed by atoms with Crippen LogP contribution in [0.2, 0.25) is 0 Å². The number of benzene rings is 2.